The highest BCUT2D eigenvalue weighted by Gasteiger charge is 2.14. The van der Waals surface area contributed by atoms with E-state index in [-0.39, 0.29) is 11.7 Å². The Morgan fingerprint density at radius 2 is 1.62 bits per heavy atom. The molecule has 0 saturated carbocycles. The predicted molar refractivity (Wildman–Crippen MR) is 122 cm³/mol. The van der Waals surface area contributed by atoms with Gasteiger partial charge in [0.1, 0.15) is 12.1 Å². The van der Waals surface area contributed by atoms with Crippen molar-refractivity contribution in [1.29, 1.82) is 0 Å². The first-order valence-corrected chi connectivity index (χ1v) is 10.6. The number of halogens is 1. The summed E-state index contributed by atoms with van der Waals surface area (Å²) in [7, 11) is 0. The lowest BCUT2D eigenvalue weighted by Crippen LogP contribution is -2.19. The second-order valence-electron chi connectivity index (χ2n) is 6.65. The topological polar surface area (TPSA) is 88.9 Å². The van der Waals surface area contributed by atoms with Crippen molar-refractivity contribution in [1.82, 2.24) is 14.8 Å². The summed E-state index contributed by atoms with van der Waals surface area (Å²) in [6.07, 6.45) is 1.59. The molecular formula is C23H18FN5O2S. The zero-order valence-corrected chi connectivity index (χ0v) is 17.6. The Hall–Kier alpha value is -3.98. The van der Waals surface area contributed by atoms with Crippen LogP contribution in [0.4, 0.5) is 15.8 Å². The molecule has 0 aliphatic heterocycles. The quantitative estimate of drug-likeness (QED) is 0.410. The largest absolute Gasteiger partial charge is 0.325 e. The van der Waals surface area contributed by atoms with Crippen molar-refractivity contribution in [3.8, 4) is 5.69 Å². The van der Waals surface area contributed by atoms with Crippen molar-refractivity contribution in [3.05, 3.63) is 96.6 Å². The van der Waals surface area contributed by atoms with Crippen molar-refractivity contribution in [2.24, 2.45) is 0 Å². The summed E-state index contributed by atoms with van der Waals surface area (Å²) in [4.78, 5) is 29.3. The first-order valence-electron chi connectivity index (χ1n) is 9.64. The van der Waals surface area contributed by atoms with E-state index in [4.69, 9.17) is 0 Å². The van der Waals surface area contributed by atoms with Gasteiger partial charge in [0.05, 0.1) is 22.7 Å². The predicted octanol–water partition coefficient (Wildman–Crippen LogP) is 4.39. The number of hydrogen-bond donors (Lipinski definition) is 2. The number of thioether (sulfide) groups is 1. The number of para-hydroxylation sites is 2. The number of rotatable bonds is 7. The van der Waals surface area contributed by atoms with Crippen LogP contribution < -0.4 is 10.6 Å². The molecule has 0 atom stereocenters. The van der Waals surface area contributed by atoms with Gasteiger partial charge in [-0.05, 0) is 48.5 Å². The van der Waals surface area contributed by atoms with E-state index in [9.17, 15) is 14.0 Å². The van der Waals surface area contributed by atoms with Gasteiger partial charge >= 0.3 is 0 Å². The van der Waals surface area contributed by atoms with Crippen molar-refractivity contribution in [2.45, 2.75) is 5.16 Å². The Labute approximate surface area is 187 Å². The third-order valence-electron chi connectivity index (χ3n) is 4.37. The zero-order chi connectivity index (χ0) is 22.3. The number of aromatic nitrogens is 3. The van der Waals surface area contributed by atoms with Gasteiger partial charge in [-0.3, -0.25) is 9.59 Å². The third-order valence-corrected chi connectivity index (χ3v) is 5.22. The Morgan fingerprint density at radius 3 is 2.41 bits per heavy atom. The van der Waals surface area contributed by atoms with Crippen LogP contribution >= 0.6 is 11.8 Å². The number of benzene rings is 3. The monoisotopic (exact) mass is 447 g/mol. The number of anilines is 2. The van der Waals surface area contributed by atoms with Gasteiger partial charge < -0.3 is 10.6 Å². The van der Waals surface area contributed by atoms with Gasteiger partial charge in [0, 0.05) is 5.69 Å². The van der Waals surface area contributed by atoms with Crippen LogP contribution in [-0.4, -0.2) is 32.3 Å². The molecule has 2 amide bonds. The number of hydrogen-bond acceptors (Lipinski definition) is 5. The van der Waals surface area contributed by atoms with Gasteiger partial charge in [-0.1, -0.05) is 42.1 Å². The molecule has 0 spiro atoms. The standard InChI is InChI=1S/C23H18FN5O2S/c24-16-10-12-17(13-11-16)26-22(31)19-8-4-5-9-20(19)27-21(30)14-32-23-25-15-29(28-23)18-6-2-1-3-7-18/h1-13,15H,14H2,(H,26,31)(H,27,30). The average molecular weight is 447 g/mol. The van der Waals surface area contributed by atoms with E-state index < -0.39 is 11.7 Å². The highest BCUT2D eigenvalue weighted by Crippen LogP contribution is 2.19. The molecule has 0 aliphatic rings. The number of nitrogens with one attached hydrogen (secondary N) is 2. The van der Waals surface area contributed by atoms with Crippen LogP contribution in [0.15, 0.2) is 90.3 Å². The normalized spacial score (nSPS) is 10.5. The summed E-state index contributed by atoms with van der Waals surface area (Å²) in [5.41, 5.74) is 1.99. The van der Waals surface area contributed by atoms with Gasteiger partial charge in [-0.25, -0.2) is 14.1 Å². The molecule has 4 rings (SSSR count). The van der Waals surface area contributed by atoms with E-state index in [1.54, 1.807) is 35.3 Å². The fourth-order valence-corrected chi connectivity index (χ4v) is 3.46. The van der Waals surface area contributed by atoms with Crippen molar-refractivity contribution >= 4 is 35.0 Å². The average Bonchev–Trinajstić information content (AvgIpc) is 3.29. The highest BCUT2D eigenvalue weighted by molar-refractivity contribution is 7.99. The minimum Gasteiger partial charge on any atom is -0.325 e. The summed E-state index contributed by atoms with van der Waals surface area (Å²) < 4.78 is 14.7. The van der Waals surface area contributed by atoms with Gasteiger partial charge in [-0.15, -0.1) is 5.10 Å². The number of nitrogens with zero attached hydrogens (tertiary/aromatic N) is 3. The second kappa shape index (κ2) is 9.88. The molecule has 160 valence electrons. The van der Waals surface area contributed by atoms with E-state index in [1.807, 2.05) is 30.3 Å². The van der Waals surface area contributed by atoms with Crippen LogP contribution in [0.25, 0.3) is 5.69 Å². The molecule has 1 heterocycles. The molecule has 0 saturated heterocycles. The molecule has 0 bridgehead atoms. The van der Waals surface area contributed by atoms with E-state index in [1.165, 1.54) is 36.0 Å². The lowest BCUT2D eigenvalue weighted by molar-refractivity contribution is -0.113. The van der Waals surface area contributed by atoms with E-state index in [0.717, 1.165) is 5.69 Å². The molecule has 32 heavy (non-hydrogen) atoms. The maximum Gasteiger partial charge on any atom is 0.257 e. The molecule has 0 unspecified atom stereocenters. The molecule has 4 aromatic rings. The van der Waals surface area contributed by atoms with Crippen LogP contribution in [-0.2, 0) is 4.79 Å². The molecule has 7 nitrogen and oxygen atoms in total. The van der Waals surface area contributed by atoms with Crippen LogP contribution in [0.5, 0.6) is 0 Å². The fourth-order valence-electron chi connectivity index (χ4n) is 2.86. The van der Waals surface area contributed by atoms with Crippen LogP contribution in [0.2, 0.25) is 0 Å². The molecule has 3 aromatic carbocycles. The number of amides is 2. The van der Waals surface area contributed by atoms with E-state index in [0.29, 0.717) is 22.1 Å². The molecule has 0 aliphatic carbocycles. The summed E-state index contributed by atoms with van der Waals surface area (Å²) >= 11 is 1.19. The Bertz CT molecular complexity index is 1230. The molecule has 1 aromatic heterocycles. The number of carbonyl (C=O) groups is 2. The summed E-state index contributed by atoms with van der Waals surface area (Å²) in [5, 5.41) is 10.3. The van der Waals surface area contributed by atoms with Crippen molar-refractivity contribution in [2.75, 3.05) is 16.4 Å². The molecule has 2 N–H and O–H groups in total. The maximum absolute atomic E-state index is 13.1. The van der Waals surface area contributed by atoms with Crippen molar-refractivity contribution in [3.63, 3.8) is 0 Å². The second-order valence-corrected chi connectivity index (χ2v) is 7.59. The SMILES string of the molecule is O=C(CSc1ncn(-c2ccccc2)n1)Nc1ccccc1C(=O)Nc1ccc(F)cc1. The lowest BCUT2D eigenvalue weighted by Gasteiger charge is -2.11. The maximum atomic E-state index is 13.1. The Kier molecular flexibility index (Phi) is 6.57. The van der Waals surface area contributed by atoms with Gasteiger partial charge in [0.25, 0.3) is 5.91 Å². The first-order chi connectivity index (χ1) is 15.6. The van der Waals surface area contributed by atoms with Gasteiger partial charge in [0.2, 0.25) is 11.1 Å². The molecular weight excluding hydrogens is 429 g/mol. The van der Waals surface area contributed by atoms with Crippen LogP contribution in [0.1, 0.15) is 10.4 Å². The first kappa shape index (κ1) is 21.3. The molecule has 0 radical (unpaired) electrons. The summed E-state index contributed by atoms with van der Waals surface area (Å²) in [6, 6.07) is 21.6. The Morgan fingerprint density at radius 1 is 0.906 bits per heavy atom. The fraction of sp³-hybridized carbons (Fsp3) is 0.0435. The molecule has 0 fully saturated rings. The Balaban J connectivity index is 1.37. The molecule has 9 heteroatoms. The number of carbonyl (C=O) groups excluding carboxylic acids is 2. The van der Waals surface area contributed by atoms with E-state index >= 15 is 0 Å². The van der Waals surface area contributed by atoms with Crippen LogP contribution in [0, 0.1) is 5.82 Å². The van der Waals surface area contributed by atoms with Crippen molar-refractivity contribution < 1.29 is 14.0 Å². The highest BCUT2D eigenvalue weighted by atomic mass is 32.2. The summed E-state index contributed by atoms with van der Waals surface area (Å²) in [5.74, 6) is -1.03. The summed E-state index contributed by atoms with van der Waals surface area (Å²) in [6.45, 7) is 0. The van der Waals surface area contributed by atoms with E-state index in [2.05, 4.69) is 20.7 Å². The lowest BCUT2D eigenvalue weighted by atomic mass is 10.1. The van der Waals surface area contributed by atoms with Gasteiger partial charge in [0.15, 0.2) is 0 Å². The zero-order valence-electron chi connectivity index (χ0n) is 16.7. The minimum atomic E-state index is -0.413. The minimum absolute atomic E-state index is 0.0761. The van der Waals surface area contributed by atoms with Crippen LogP contribution in [0.3, 0.4) is 0 Å². The smallest absolute Gasteiger partial charge is 0.257 e. The van der Waals surface area contributed by atoms with Gasteiger partial charge in [-0.2, -0.15) is 0 Å². The third kappa shape index (κ3) is 5.38.